The van der Waals surface area contributed by atoms with Gasteiger partial charge in [0.1, 0.15) is 0 Å². The van der Waals surface area contributed by atoms with Crippen LogP contribution >= 0.6 is 0 Å². The molecule has 0 radical (unpaired) electrons. The average Bonchev–Trinajstić information content (AvgIpc) is 0.650. The molecule has 0 amide bonds. The van der Waals surface area contributed by atoms with Gasteiger partial charge in [-0.3, -0.25) is 0 Å². The van der Waals surface area contributed by atoms with Gasteiger partial charge in [0, 0.05) is 0 Å². The normalized spacial score (nSPS) is 11.2. The van der Waals surface area contributed by atoms with Crippen molar-refractivity contribution in [2.75, 3.05) is 0 Å². The van der Waals surface area contributed by atoms with Gasteiger partial charge in [0.2, 0.25) is 0 Å². The third-order valence-electron chi connectivity index (χ3n) is 0. The van der Waals surface area contributed by atoms with Crippen LogP contribution in [0, 0.1) is 0 Å². The Hall–Kier alpha value is 3.23. The first-order valence-electron chi connectivity index (χ1n) is 0.722. The van der Waals surface area contributed by atoms with Crippen molar-refractivity contribution in [3.05, 3.63) is 0 Å². The summed E-state index contributed by atoms with van der Waals surface area (Å²) >= 11 is -7.72. The second-order valence-electron chi connectivity index (χ2n) is 0.589. The molecule has 0 aromatic rings. The van der Waals surface area contributed by atoms with Crippen molar-refractivity contribution >= 4 is 0 Å². The van der Waals surface area contributed by atoms with Crippen LogP contribution in [0.3, 0.4) is 0 Å². The molecule has 0 aliphatic carbocycles. The zero-order valence-electron chi connectivity index (χ0n) is 5.77. The van der Waals surface area contributed by atoms with Crippen LogP contribution in [0.25, 0.3) is 0 Å². The van der Waals surface area contributed by atoms with Crippen LogP contribution in [-0.4, -0.2) is 0 Å². The third-order valence-corrected chi connectivity index (χ3v) is 0. The number of halogens is 1. The van der Waals surface area contributed by atoms with Crippen LogP contribution in [0.4, 0.5) is 0 Å². The van der Waals surface area contributed by atoms with Gasteiger partial charge in [-0.05, 0) is 0 Å². The second-order valence-corrected chi connectivity index (χ2v) is 3.49. The predicted octanol–water partition coefficient (Wildman–Crippen LogP) is -14.7. The zero-order valence-corrected chi connectivity index (χ0v) is 14.3. The van der Waals surface area contributed by atoms with E-state index in [4.69, 9.17) is 18.6 Å². The Balaban J connectivity index is -0.0000000208. The first kappa shape index (κ1) is 29.2. The van der Waals surface area contributed by atoms with Crippen molar-refractivity contribution in [3.63, 3.8) is 0 Å². The summed E-state index contributed by atoms with van der Waals surface area (Å²) in [6, 6.07) is 0. The van der Waals surface area contributed by atoms with E-state index >= 15 is 0 Å². The van der Waals surface area contributed by atoms with E-state index in [9.17, 15) is 0 Å². The second kappa shape index (κ2) is 8.82. The zero-order chi connectivity index (χ0) is 5.45. The standard InChI is InChI=1S/ClH.3Na.5O.Ru/h1H;;;;;;;;;/q;3*+1;;;;2*-1;/p-1. The molecule has 0 atom stereocenters. The molecule has 0 bridgehead atoms. The molecule has 0 saturated carbocycles. The van der Waals surface area contributed by atoms with Crippen LogP contribution in [0.2, 0.25) is 0 Å². The monoisotopic (exact) mass is 286 g/mol. The van der Waals surface area contributed by atoms with E-state index in [0.717, 1.165) is 0 Å². The molecule has 0 spiro atoms. The summed E-state index contributed by atoms with van der Waals surface area (Å²) in [5.41, 5.74) is 0. The Bertz CT molecular complexity index is 195. The molecule has 48 valence electrons. The van der Waals surface area contributed by atoms with E-state index in [-0.39, 0.29) is 101 Å². The summed E-state index contributed by atoms with van der Waals surface area (Å²) in [6.45, 7) is 0. The van der Waals surface area contributed by atoms with Crippen molar-refractivity contribution in [2.24, 2.45) is 0 Å². The van der Waals surface area contributed by atoms with E-state index in [0.29, 0.717) is 0 Å². The Labute approximate surface area is 131 Å². The van der Waals surface area contributed by atoms with Crippen molar-refractivity contribution in [1.82, 2.24) is 0 Å². The fraction of sp³-hybridized carbons (Fsp3) is 0. The van der Waals surface area contributed by atoms with Crippen LogP contribution < -0.4 is 109 Å². The van der Waals surface area contributed by atoms with Crippen LogP contribution in [-0.2, 0) is 24.9 Å². The van der Waals surface area contributed by atoms with Gasteiger partial charge >= 0.3 is 121 Å². The third kappa shape index (κ3) is 113. The maximum atomic E-state index is 8.64. The van der Waals surface area contributed by atoms with Gasteiger partial charge in [-0.1, -0.05) is 0 Å². The van der Waals surface area contributed by atoms with Crippen LogP contribution in [0.15, 0.2) is 0 Å². The molecule has 10 heavy (non-hydrogen) atoms. The number of hydrogen-bond donors (Lipinski definition) is 0. The van der Waals surface area contributed by atoms with Crippen LogP contribution in [0.1, 0.15) is 0 Å². The molecule has 0 saturated heterocycles. The van der Waals surface area contributed by atoms with E-state index < -0.39 is 14.2 Å². The summed E-state index contributed by atoms with van der Waals surface area (Å²) in [5, 5.41) is 0. The Morgan fingerprint density at radius 2 is 0.800 bits per heavy atom. The first-order chi connectivity index (χ1) is 2.24. The van der Waals surface area contributed by atoms with Gasteiger partial charge in [-0.2, -0.15) is 0 Å². The molecule has 0 aromatic heterocycles. The van der Waals surface area contributed by atoms with Gasteiger partial charge in [0.25, 0.3) is 0 Å². The topological polar surface area (TPSA) is 97.3 Å². The minimum absolute atomic E-state index is 0. The quantitative estimate of drug-likeness (QED) is 0.412. The summed E-state index contributed by atoms with van der Waals surface area (Å²) in [6.07, 6.45) is 0. The van der Waals surface area contributed by atoms with E-state index in [1.165, 1.54) is 0 Å². The van der Waals surface area contributed by atoms with Gasteiger partial charge < -0.3 is 12.4 Å². The molecule has 10 heteroatoms. The van der Waals surface area contributed by atoms with Gasteiger partial charge in [-0.25, -0.2) is 0 Å². The van der Waals surface area contributed by atoms with Gasteiger partial charge in [0.15, 0.2) is 0 Å². The molecule has 0 aromatic carbocycles. The molecule has 0 rings (SSSR count). The first-order valence-corrected chi connectivity index (χ1v) is 4.27. The SMILES string of the molecule is [Cl-].[Na+].[Na+].[Na+].[O]=[Ru](=[O])(=[O])([O-])[O-]. The minimum atomic E-state index is -7.72. The van der Waals surface area contributed by atoms with Crippen molar-refractivity contribution < 1.29 is 134 Å². The van der Waals surface area contributed by atoms with E-state index in [2.05, 4.69) is 0 Å². The van der Waals surface area contributed by atoms with Crippen molar-refractivity contribution in [2.45, 2.75) is 0 Å². The van der Waals surface area contributed by atoms with Crippen molar-refractivity contribution in [3.8, 4) is 0 Å². The average molecular weight is 285 g/mol. The Kier molecular flexibility index (Phi) is 25.8. The Morgan fingerprint density at radius 1 is 0.800 bits per heavy atom. The molecule has 0 aliphatic rings. The van der Waals surface area contributed by atoms with Gasteiger partial charge in [0.05, 0.1) is 0 Å². The van der Waals surface area contributed by atoms with Crippen LogP contribution in [0.5, 0.6) is 0 Å². The van der Waals surface area contributed by atoms with E-state index in [1.54, 1.807) is 0 Å². The van der Waals surface area contributed by atoms with Crippen molar-refractivity contribution in [1.29, 1.82) is 0 Å². The molecule has 0 aliphatic heterocycles. The van der Waals surface area contributed by atoms with E-state index in [1.807, 2.05) is 0 Å². The summed E-state index contributed by atoms with van der Waals surface area (Å²) in [4.78, 5) is 0. The molecule has 0 fully saturated rings. The number of hydrogen-bond acceptors (Lipinski definition) is 5. The maximum absolute atomic E-state index is 8.64. The molecular formula is ClNa3O5Ru. The fourth-order valence-electron chi connectivity index (χ4n) is 0. The predicted molar refractivity (Wildman–Crippen MR) is 2.06 cm³/mol. The molecule has 0 N–H and O–H groups in total. The van der Waals surface area contributed by atoms with Gasteiger partial charge in [-0.15, -0.1) is 0 Å². The summed E-state index contributed by atoms with van der Waals surface area (Å²) < 4.78 is 43.2. The summed E-state index contributed by atoms with van der Waals surface area (Å²) in [7, 11) is 0. The molecule has 5 nitrogen and oxygen atoms in total. The number of rotatable bonds is 0. The summed E-state index contributed by atoms with van der Waals surface area (Å²) in [5.74, 6) is 0. The molecule has 0 heterocycles. The molecule has 0 unspecified atom stereocenters. The fourth-order valence-corrected chi connectivity index (χ4v) is 0. The molecular weight excluding hydrogens is 285 g/mol. The Morgan fingerprint density at radius 3 is 0.800 bits per heavy atom.